The molecular weight excluding hydrogens is 292 g/mol. The highest BCUT2D eigenvalue weighted by Crippen LogP contribution is 2.14. The number of morpholine rings is 1. The molecule has 0 radical (unpaired) electrons. The molecule has 1 saturated heterocycles. The van der Waals surface area contributed by atoms with Crippen LogP contribution in [0.1, 0.15) is 6.42 Å². The Morgan fingerprint density at radius 3 is 2.62 bits per heavy atom. The van der Waals surface area contributed by atoms with Gasteiger partial charge in [-0.05, 0) is 6.42 Å². The summed E-state index contributed by atoms with van der Waals surface area (Å²) in [5, 5.41) is 6.11. The molecule has 9 heteroatoms. The van der Waals surface area contributed by atoms with E-state index < -0.39 is 10.8 Å². The number of nitrogens with one attached hydrogen (secondary N) is 2. The quantitative estimate of drug-likeness (QED) is 0.676. The Kier molecular flexibility index (Phi) is 6.12. The van der Waals surface area contributed by atoms with Gasteiger partial charge < -0.3 is 20.3 Å². The van der Waals surface area contributed by atoms with Crippen LogP contribution in [-0.4, -0.2) is 71.1 Å². The van der Waals surface area contributed by atoms with Gasteiger partial charge in [0.15, 0.2) is 0 Å². The van der Waals surface area contributed by atoms with Crippen molar-refractivity contribution in [2.45, 2.75) is 6.42 Å². The van der Waals surface area contributed by atoms with Crippen molar-refractivity contribution in [1.82, 2.24) is 15.0 Å². The molecule has 2 heterocycles. The average molecular weight is 314 g/mol. The topological polar surface area (TPSA) is 92.3 Å². The SMILES string of the molecule is CNc1nc(NCCCS(C)=O)nc(N2CCOCC2)n1. The Morgan fingerprint density at radius 2 is 1.95 bits per heavy atom. The van der Waals surface area contributed by atoms with Gasteiger partial charge in [0.1, 0.15) is 0 Å². The fourth-order valence-electron chi connectivity index (χ4n) is 1.94. The Bertz CT molecular complexity index is 481. The Hall–Kier alpha value is -1.48. The molecule has 0 bridgehead atoms. The van der Waals surface area contributed by atoms with E-state index in [9.17, 15) is 4.21 Å². The maximum atomic E-state index is 11.0. The maximum Gasteiger partial charge on any atom is 0.232 e. The highest BCUT2D eigenvalue weighted by atomic mass is 32.2. The van der Waals surface area contributed by atoms with Gasteiger partial charge in [-0.2, -0.15) is 15.0 Å². The van der Waals surface area contributed by atoms with E-state index in [0.717, 1.165) is 19.5 Å². The van der Waals surface area contributed by atoms with Crippen LogP contribution < -0.4 is 15.5 Å². The van der Waals surface area contributed by atoms with Crippen LogP contribution in [0.3, 0.4) is 0 Å². The monoisotopic (exact) mass is 314 g/mol. The van der Waals surface area contributed by atoms with E-state index in [1.54, 1.807) is 13.3 Å². The van der Waals surface area contributed by atoms with Gasteiger partial charge in [0.25, 0.3) is 0 Å². The molecule has 2 rings (SSSR count). The Balaban J connectivity index is 2.00. The van der Waals surface area contributed by atoms with Crippen molar-refractivity contribution in [2.75, 3.05) is 67.4 Å². The van der Waals surface area contributed by atoms with Crippen molar-refractivity contribution < 1.29 is 8.95 Å². The van der Waals surface area contributed by atoms with Crippen LogP contribution in [0, 0.1) is 0 Å². The van der Waals surface area contributed by atoms with Gasteiger partial charge in [-0.3, -0.25) is 4.21 Å². The Morgan fingerprint density at radius 1 is 1.24 bits per heavy atom. The first kappa shape index (κ1) is 15.9. The zero-order chi connectivity index (χ0) is 15.1. The van der Waals surface area contributed by atoms with Crippen LogP contribution in [0.5, 0.6) is 0 Å². The van der Waals surface area contributed by atoms with Gasteiger partial charge >= 0.3 is 0 Å². The summed E-state index contributed by atoms with van der Waals surface area (Å²) in [4.78, 5) is 15.2. The first-order valence-electron chi connectivity index (χ1n) is 6.99. The molecule has 1 aromatic heterocycles. The van der Waals surface area contributed by atoms with Gasteiger partial charge in [-0.1, -0.05) is 0 Å². The summed E-state index contributed by atoms with van der Waals surface area (Å²) in [7, 11) is 1.01. The number of ether oxygens (including phenoxy) is 1. The second-order valence-electron chi connectivity index (χ2n) is 4.69. The highest BCUT2D eigenvalue weighted by Gasteiger charge is 2.16. The molecule has 0 aromatic carbocycles. The lowest BCUT2D eigenvalue weighted by atomic mass is 10.4. The maximum absolute atomic E-state index is 11.0. The van der Waals surface area contributed by atoms with E-state index in [0.29, 0.717) is 43.4 Å². The van der Waals surface area contributed by atoms with Crippen LogP contribution in [0.4, 0.5) is 17.8 Å². The summed E-state index contributed by atoms with van der Waals surface area (Å²) in [6, 6.07) is 0. The molecule has 1 unspecified atom stereocenters. The summed E-state index contributed by atoms with van der Waals surface area (Å²) in [6.07, 6.45) is 2.52. The standard InChI is InChI=1S/C12H22N6O2S/c1-13-10-15-11(14-4-3-9-21(2)19)17-12(16-10)18-5-7-20-8-6-18/h3-9H2,1-2H3,(H2,13,14,15,16,17). The van der Waals surface area contributed by atoms with Crippen molar-refractivity contribution in [3.63, 3.8) is 0 Å². The lowest BCUT2D eigenvalue weighted by Crippen LogP contribution is -2.37. The molecule has 0 aliphatic carbocycles. The molecule has 1 atom stereocenters. The van der Waals surface area contributed by atoms with E-state index in [1.807, 2.05) is 0 Å². The van der Waals surface area contributed by atoms with E-state index in [-0.39, 0.29) is 0 Å². The minimum atomic E-state index is -0.765. The lowest BCUT2D eigenvalue weighted by molar-refractivity contribution is 0.122. The van der Waals surface area contributed by atoms with Crippen LogP contribution >= 0.6 is 0 Å². The molecule has 1 aliphatic rings. The second kappa shape index (κ2) is 8.08. The summed E-state index contributed by atoms with van der Waals surface area (Å²) in [6.45, 7) is 3.62. The minimum absolute atomic E-state index is 0.535. The normalized spacial score (nSPS) is 16.6. The first-order valence-corrected chi connectivity index (χ1v) is 8.72. The van der Waals surface area contributed by atoms with E-state index in [4.69, 9.17) is 4.74 Å². The summed E-state index contributed by atoms with van der Waals surface area (Å²) in [5.41, 5.74) is 0. The van der Waals surface area contributed by atoms with Gasteiger partial charge in [-0.15, -0.1) is 0 Å². The van der Waals surface area contributed by atoms with E-state index >= 15 is 0 Å². The second-order valence-corrected chi connectivity index (χ2v) is 6.24. The van der Waals surface area contributed by atoms with Gasteiger partial charge in [0, 0.05) is 49.5 Å². The predicted octanol–water partition coefficient (Wildman–Crippen LogP) is -0.0696. The fourth-order valence-corrected chi connectivity index (χ4v) is 2.49. The predicted molar refractivity (Wildman–Crippen MR) is 84.4 cm³/mol. The van der Waals surface area contributed by atoms with E-state index in [2.05, 4.69) is 30.5 Å². The van der Waals surface area contributed by atoms with Crippen LogP contribution in [0.15, 0.2) is 0 Å². The average Bonchev–Trinajstić information content (AvgIpc) is 2.52. The minimum Gasteiger partial charge on any atom is -0.378 e. The zero-order valence-electron chi connectivity index (χ0n) is 12.5. The summed E-state index contributed by atoms with van der Waals surface area (Å²) in [5.74, 6) is 2.40. The third-order valence-corrected chi connectivity index (χ3v) is 3.90. The van der Waals surface area contributed by atoms with Gasteiger partial charge in [-0.25, -0.2) is 0 Å². The molecule has 21 heavy (non-hydrogen) atoms. The van der Waals surface area contributed by atoms with E-state index in [1.165, 1.54) is 0 Å². The molecule has 0 spiro atoms. The van der Waals surface area contributed by atoms with Crippen LogP contribution in [0.2, 0.25) is 0 Å². The molecule has 1 aromatic rings. The first-order chi connectivity index (χ1) is 10.2. The third-order valence-electron chi connectivity index (χ3n) is 3.03. The third kappa shape index (κ3) is 5.09. The Labute approximate surface area is 127 Å². The van der Waals surface area contributed by atoms with Crippen molar-refractivity contribution in [3.05, 3.63) is 0 Å². The van der Waals surface area contributed by atoms with Crippen molar-refractivity contribution in [2.24, 2.45) is 0 Å². The number of anilines is 3. The molecule has 2 N–H and O–H groups in total. The van der Waals surface area contributed by atoms with Crippen molar-refractivity contribution in [1.29, 1.82) is 0 Å². The number of aromatic nitrogens is 3. The largest absolute Gasteiger partial charge is 0.378 e. The molecule has 0 saturated carbocycles. The lowest BCUT2D eigenvalue weighted by Gasteiger charge is -2.27. The van der Waals surface area contributed by atoms with Crippen molar-refractivity contribution >= 4 is 28.6 Å². The van der Waals surface area contributed by atoms with Crippen LogP contribution in [-0.2, 0) is 15.5 Å². The number of rotatable bonds is 7. The molecular formula is C12H22N6O2S. The zero-order valence-corrected chi connectivity index (χ0v) is 13.3. The number of hydrogen-bond acceptors (Lipinski definition) is 8. The number of nitrogens with zero attached hydrogens (tertiary/aromatic N) is 4. The van der Waals surface area contributed by atoms with Gasteiger partial charge in [0.2, 0.25) is 17.8 Å². The molecule has 8 nitrogen and oxygen atoms in total. The smallest absolute Gasteiger partial charge is 0.232 e. The molecule has 118 valence electrons. The number of hydrogen-bond donors (Lipinski definition) is 2. The van der Waals surface area contributed by atoms with Gasteiger partial charge in [0.05, 0.1) is 13.2 Å². The van der Waals surface area contributed by atoms with Crippen LogP contribution in [0.25, 0.3) is 0 Å². The highest BCUT2D eigenvalue weighted by molar-refractivity contribution is 7.84. The molecule has 1 fully saturated rings. The summed E-state index contributed by atoms with van der Waals surface area (Å²) >= 11 is 0. The van der Waals surface area contributed by atoms with Crippen molar-refractivity contribution in [3.8, 4) is 0 Å². The molecule has 1 aliphatic heterocycles. The fraction of sp³-hybridized carbons (Fsp3) is 0.750. The molecule has 0 amide bonds. The summed E-state index contributed by atoms with van der Waals surface area (Å²) < 4.78 is 16.4.